The second-order valence-electron chi connectivity index (χ2n) is 6.75. The van der Waals surface area contributed by atoms with Gasteiger partial charge in [0.25, 0.3) is 0 Å². The summed E-state index contributed by atoms with van der Waals surface area (Å²) in [5, 5.41) is 0. The van der Waals surface area contributed by atoms with E-state index in [1.165, 1.54) is 14.1 Å². The van der Waals surface area contributed by atoms with Gasteiger partial charge in [-0.25, -0.2) is 17.2 Å². The highest BCUT2D eigenvalue weighted by atomic mass is 32.2. The summed E-state index contributed by atoms with van der Waals surface area (Å²) in [5.41, 5.74) is 0. The Morgan fingerprint density at radius 1 is 1.04 bits per heavy atom. The fraction of sp³-hybridized carbons (Fsp3) is 0.444. The van der Waals surface area contributed by atoms with Crippen LogP contribution in [0.25, 0.3) is 0 Å². The minimum Gasteiger partial charge on any atom is -0.330 e. The summed E-state index contributed by atoms with van der Waals surface area (Å²) in [6, 6.07) is 2.24. The molecule has 152 valence electrons. The Hall–Kier alpha value is -2.33. The molecular formula is C18H21F2N3O4S. The highest BCUT2D eigenvalue weighted by molar-refractivity contribution is 7.89. The van der Waals surface area contributed by atoms with Crippen molar-refractivity contribution in [2.45, 2.75) is 23.8 Å². The molecule has 0 radical (unpaired) electrons. The van der Waals surface area contributed by atoms with Crippen LogP contribution in [0.3, 0.4) is 0 Å². The molecule has 2 saturated heterocycles. The smallest absolute Gasteiger partial charge is 0.312 e. The first-order chi connectivity index (χ1) is 13.3. The van der Waals surface area contributed by atoms with Crippen molar-refractivity contribution in [2.75, 3.05) is 32.7 Å². The summed E-state index contributed by atoms with van der Waals surface area (Å²) in [4.78, 5) is 27.1. The maximum Gasteiger partial charge on any atom is 0.312 e. The summed E-state index contributed by atoms with van der Waals surface area (Å²) in [6.07, 6.45) is 2.29. The van der Waals surface area contributed by atoms with E-state index in [0.29, 0.717) is 38.5 Å². The zero-order chi connectivity index (χ0) is 20.5. The molecule has 0 atom stereocenters. The minimum absolute atomic E-state index is 0.125. The first kappa shape index (κ1) is 20.4. The van der Waals surface area contributed by atoms with Crippen molar-refractivity contribution in [3.8, 4) is 0 Å². The van der Waals surface area contributed by atoms with E-state index >= 15 is 0 Å². The van der Waals surface area contributed by atoms with E-state index in [-0.39, 0.29) is 24.0 Å². The summed E-state index contributed by atoms with van der Waals surface area (Å²) < 4.78 is 53.0. The first-order valence-corrected chi connectivity index (χ1v) is 10.4. The van der Waals surface area contributed by atoms with Gasteiger partial charge in [-0.2, -0.15) is 4.31 Å². The highest BCUT2D eigenvalue weighted by Crippen LogP contribution is 2.25. The van der Waals surface area contributed by atoms with Gasteiger partial charge in [-0.15, -0.1) is 6.58 Å². The summed E-state index contributed by atoms with van der Waals surface area (Å²) >= 11 is 0. The fourth-order valence-corrected chi connectivity index (χ4v) is 5.03. The molecule has 2 aliphatic rings. The van der Waals surface area contributed by atoms with Gasteiger partial charge in [-0.1, -0.05) is 6.08 Å². The zero-order valence-electron chi connectivity index (χ0n) is 15.2. The van der Waals surface area contributed by atoms with E-state index < -0.39 is 33.5 Å². The van der Waals surface area contributed by atoms with Crippen LogP contribution in [-0.4, -0.2) is 73.1 Å². The van der Waals surface area contributed by atoms with Gasteiger partial charge in [0.15, 0.2) is 11.6 Å². The van der Waals surface area contributed by atoms with Crippen LogP contribution in [0, 0.1) is 11.6 Å². The Labute approximate surface area is 162 Å². The number of piperidine rings is 1. The van der Waals surface area contributed by atoms with Crippen LogP contribution in [0.15, 0.2) is 35.7 Å². The number of carbonyl (C=O) groups excluding carboxylic acids is 2. The van der Waals surface area contributed by atoms with Gasteiger partial charge >= 0.3 is 11.8 Å². The molecular weight excluding hydrogens is 392 g/mol. The van der Waals surface area contributed by atoms with Crippen molar-refractivity contribution in [1.82, 2.24) is 14.1 Å². The molecule has 0 spiro atoms. The number of amides is 2. The molecule has 2 aliphatic heterocycles. The molecule has 2 fully saturated rings. The monoisotopic (exact) mass is 413 g/mol. The van der Waals surface area contributed by atoms with Crippen molar-refractivity contribution in [3.63, 3.8) is 0 Å². The van der Waals surface area contributed by atoms with E-state index in [4.69, 9.17) is 0 Å². The lowest BCUT2D eigenvalue weighted by Crippen LogP contribution is -2.59. The Kier molecular flexibility index (Phi) is 5.80. The van der Waals surface area contributed by atoms with Gasteiger partial charge in [0.1, 0.15) is 0 Å². The number of hydrogen-bond donors (Lipinski definition) is 0. The number of benzene rings is 1. The fourth-order valence-electron chi connectivity index (χ4n) is 3.55. The summed E-state index contributed by atoms with van der Waals surface area (Å²) in [6.45, 7) is 4.92. The van der Waals surface area contributed by atoms with E-state index in [0.717, 1.165) is 12.1 Å². The van der Waals surface area contributed by atoms with Crippen molar-refractivity contribution < 1.29 is 26.8 Å². The molecule has 2 amide bonds. The molecule has 0 unspecified atom stereocenters. The van der Waals surface area contributed by atoms with E-state index in [2.05, 4.69) is 6.58 Å². The quantitative estimate of drug-likeness (QED) is 0.533. The number of piperazine rings is 1. The Bertz CT molecular complexity index is 898. The average Bonchev–Trinajstić information content (AvgIpc) is 2.68. The maximum absolute atomic E-state index is 13.4. The standard InChI is InChI=1S/C18H21F2N3O4S/c1-2-7-21-10-11-23(18(25)17(21)24)13-5-8-22(9-6-13)28(26,27)14-3-4-15(19)16(20)12-14/h2-4,12-13H,1,5-11H2. The second kappa shape index (κ2) is 7.96. The largest absolute Gasteiger partial charge is 0.330 e. The van der Waals surface area contributed by atoms with Gasteiger partial charge in [0.2, 0.25) is 10.0 Å². The third-order valence-corrected chi connectivity index (χ3v) is 6.98. The lowest BCUT2D eigenvalue weighted by Gasteiger charge is -2.41. The molecule has 3 rings (SSSR count). The van der Waals surface area contributed by atoms with Gasteiger partial charge < -0.3 is 9.80 Å². The number of rotatable bonds is 5. The number of sulfonamides is 1. The van der Waals surface area contributed by atoms with E-state index in [1.54, 1.807) is 6.08 Å². The molecule has 0 aliphatic carbocycles. The minimum atomic E-state index is -3.96. The lowest BCUT2D eigenvalue weighted by atomic mass is 10.0. The third-order valence-electron chi connectivity index (χ3n) is 5.08. The molecule has 7 nitrogen and oxygen atoms in total. The molecule has 0 saturated carbocycles. The molecule has 0 bridgehead atoms. The number of halogens is 2. The maximum atomic E-state index is 13.4. The number of hydrogen-bond acceptors (Lipinski definition) is 4. The Balaban J connectivity index is 1.66. The zero-order valence-corrected chi connectivity index (χ0v) is 16.0. The third kappa shape index (κ3) is 3.79. The first-order valence-electron chi connectivity index (χ1n) is 8.91. The highest BCUT2D eigenvalue weighted by Gasteiger charge is 2.38. The lowest BCUT2D eigenvalue weighted by molar-refractivity contribution is -0.157. The molecule has 1 aromatic carbocycles. The Morgan fingerprint density at radius 3 is 2.32 bits per heavy atom. The SMILES string of the molecule is C=CCN1CCN(C2CCN(S(=O)(=O)c3ccc(F)c(F)c3)CC2)C(=O)C1=O. The van der Waals surface area contributed by atoms with Crippen LogP contribution in [0.1, 0.15) is 12.8 Å². The van der Waals surface area contributed by atoms with Crippen LogP contribution in [0.5, 0.6) is 0 Å². The van der Waals surface area contributed by atoms with Crippen molar-refractivity contribution in [1.29, 1.82) is 0 Å². The van der Waals surface area contributed by atoms with Crippen LogP contribution in [-0.2, 0) is 19.6 Å². The predicted octanol–water partition coefficient (Wildman–Crippen LogP) is 0.975. The molecule has 0 aromatic heterocycles. The molecule has 2 heterocycles. The van der Waals surface area contributed by atoms with Crippen LogP contribution in [0.2, 0.25) is 0 Å². The van der Waals surface area contributed by atoms with Gasteiger partial charge in [0.05, 0.1) is 4.90 Å². The van der Waals surface area contributed by atoms with Crippen LogP contribution < -0.4 is 0 Å². The predicted molar refractivity (Wildman–Crippen MR) is 96.6 cm³/mol. The van der Waals surface area contributed by atoms with Crippen molar-refractivity contribution in [3.05, 3.63) is 42.5 Å². The number of nitrogens with zero attached hydrogens (tertiary/aromatic N) is 3. The average molecular weight is 413 g/mol. The summed E-state index contributed by atoms with van der Waals surface area (Å²) in [7, 11) is -3.96. The van der Waals surface area contributed by atoms with E-state index in [9.17, 15) is 26.8 Å². The van der Waals surface area contributed by atoms with Crippen molar-refractivity contribution in [2.24, 2.45) is 0 Å². The second-order valence-corrected chi connectivity index (χ2v) is 8.69. The topological polar surface area (TPSA) is 78.0 Å². The molecule has 28 heavy (non-hydrogen) atoms. The Morgan fingerprint density at radius 2 is 1.71 bits per heavy atom. The normalized spacial score (nSPS) is 19.9. The van der Waals surface area contributed by atoms with Gasteiger partial charge in [0, 0.05) is 38.8 Å². The van der Waals surface area contributed by atoms with E-state index in [1.807, 2.05) is 0 Å². The van der Waals surface area contributed by atoms with Crippen LogP contribution in [0.4, 0.5) is 8.78 Å². The molecule has 1 aromatic rings. The summed E-state index contributed by atoms with van der Waals surface area (Å²) in [5.74, 6) is -3.51. The van der Waals surface area contributed by atoms with Crippen molar-refractivity contribution >= 4 is 21.8 Å². The van der Waals surface area contributed by atoms with Crippen LogP contribution >= 0.6 is 0 Å². The molecule has 10 heteroatoms. The molecule has 0 N–H and O–H groups in total. The van der Waals surface area contributed by atoms with Gasteiger partial charge in [-0.3, -0.25) is 9.59 Å². The number of carbonyl (C=O) groups is 2. The van der Waals surface area contributed by atoms with Gasteiger partial charge in [-0.05, 0) is 31.0 Å².